The van der Waals surface area contributed by atoms with E-state index in [1.165, 1.54) is 44.9 Å². The molecule has 0 N–H and O–H groups in total. The molecule has 3 rings (SSSR count). The summed E-state index contributed by atoms with van der Waals surface area (Å²) >= 11 is 3.44. The van der Waals surface area contributed by atoms with Crippen molar-refractivity contribution in [3.8, 4) is 0 Å². The van der Waals surface area contributed by atoms with Crippen LogP contribution in [0.5, 0.6) is 0 Å². The highest BCUT2D eigenvalue weighted by Crippen LogP contribution is 2.37. The third-order valence-corrected chi connectivity index (χ3v) is 5.58. The molecule has 114 valence electrons. The lowest BCUT2D eigenvalue weighted by Crippen LogP contribution is -2.43. The molecule has 2 aliphatic carbocycles. The lowest BCUT2D eigenvalue weighted by molar-refractivity contribution is 0.0587. The largest absolute Gasteiger partial charge is 0.333 e. The Morgan fingerprint density at radius 2 is 1.57 bits per heavy atom. The van der Waals surface area contributed by atoms with Gasteiger partial charge in [0.1, 0.15) is 0 Å². The zero-order chi connectivity index (χ0) is 14.8. The third-order valence-electron chi connectivity index (χ3n) is 5.05. The Hall–Kier alpha value is -0.830. The first-order valence-corrected chi connectivity index (χ1v) is 9.06. The maximum atomic E-state index is 12.9. The van der Waals surface area contributed by atoms with Crippen LogP contribution in [-0.4, -0.2) is 22.9 Å². The van der Waals surface area contributed by atoms with Crippen LogP contribution in [0.15, 0.2) is 28.7 Å². The van der Waals surface area contributed by atoms with Crippen molar-refractivity contribution in [3.05, 3.63) is 34.3 Å². The minimum atomic E-state index is 0.241. The van der Waals surface area contributed by atoms with Crippen molar-refractivity contribution in [1.29, 1.82) is 0 Å². The lowest BCUT2D eigenvalue weighted by atomic mass is 9.83. The number of rotatable bonds is 4. The summed E-state index contributed by atoms with van der Waals surface area (Å²) in [5.74, 6) is 1.12. The average molecular weight is 350 g/mol. The Labute approximate surface area is 136 Å². The second kappa shape index (κ2) is 6.51. The molecule has 2 aliphatic rings. The molecule has 0 spiro atoms. The van der Waals surface area contributed by atoms with E-state index in [0.29, 0.717) is 12.1 Å². The van der Waals surface area contributed by atoms with Crippen molar-refractivity contribution in [2.75, 3.05) is 0 Å². The first kappa shape index (κ1) is 15.1. The fraction of sp³-hybridized carbons (Fsp3) is 0.611. The van der Waals surface area contributed by atoms with Gasteiger partial charge >= 0.3 is 0 Å². The molecule has 2 fully saturated rings. The van der Waals surface area contributed by atoms with E-state index >= 15 is 0 Å². The molecule has 21 heavy (non-hydrogen) atoms. The molecular weight excluding hydrogens is 326 g/mol. The van der Waals surface area contributed by atoms with Gasteiger partial charge in [0.2, 0.25) is 0 Å². The summed E-state index contributed by atoms with van der Waals surface area (Å²) in [5.41, 5.74) is 0.836. The quantitative estimate of drug-likeness (QED) is 0.746. The average Bonchev–Trinajstić information content (AvgIpc) is 3.33. The van der Waals surface area contributed by atoms with E-state index in [4.69, 9.17) is 0 Å². The Bertz CT molecular complexity index is 486. The van der Waals surface area contributed by atoms with Crippen molar-refractivity contribution in [1.82, 2.24) is 4.90 Å². The molecule has 0 radical (unpaired) electrons. The molecule has 0 bridgehead atoms. The molecule has 0 unspecified atom stereocenters. The van der Waals surface area contributed by atoms with Crippen molar-refractivity contribution in [2.24, 2.45) is 5.92 Å². The van der Waals surface area contributed by atoms with E-state index < -0.39 is 0 Å². The van der Waals surface area contributed by atoms with Gasteiger partial charge < -0.3 is 4.90 Å². The highest BCUT2D eigenvalue weighted by molar-refractivity contribution is 9.10. The van der Waals surface area contributed by atoms with Crippen molar-refractivity contribution in [3.63, 3.8) is 0 Å². The van der Waals surface area contributed by atoms with Gasteiger partial charge in [-0.1, -0.05) is 29.3 Å². The predicted molar refractivity (Wildman–Crippen MR) is 89.4 cm³/mol. The summed E-state index contributed by atoms with van der Waals surface area (Å²) < 4.78 is 1.03. The number of benzene rings is 1. The molecule has 0 heterocycles. The Morgan fingerprint density at radius 1 is 1.05 bits per heavy atom. The van der Waals surface area contributed by atoms with Crippen LogP contribution in [0, 0.1) is 5.92 Å². The van der Waals surface area contributed by atoms with E-state index in [-0.39, 0.29) is 5.91 Å². The Kier molecular flexibility index (Phi) is 4.68. The first-order chi connectivity index (χ1) is 10.2. The van der Waals surface area contributed by atoms with Gasteiger partial charge in [0, 0.05) is 22.1 Å². The molecule has 2 saturated carbocycles. The summed E-state index contributed by atoms with van der Waals surface area (Å²) in [7, 11) is 0. The Morgan fingerprint density at radius 3 is 2.05 bits per heavy atom. The number of carbonyl (C=O) groups excluding carboxylic acids is 1. The van der Waals surface area contributed by atoms with Crippen molar-refractivity contribution < 1.29 is 4.79 Å². The van der Waals surface area contributed by atoms with Crippen LogP contribution >= 0.6 is 15.9 Å². The summed E-state index contributed by atoms with van der Waals surface area (Å²) in [5, 5.41) is 0. The van der Waals surface area contributed by atoms with Crippen molar-refractivity contribution >= 4 is 21.8 Å². The zero-order valence-corrected chi connectivity index (χ0v) is 14.3. The number of nitrogens with zero attached hydrogens (tertiary/aromatic N) is 1. The highest BCUT2D eigenvalue weighted by atomic mass is 79.9. The number of amides is 1. The van der Waals surface area contributed by atoms with Crippen LogP contribution in [0.3, 0.4) is 0 Å². The smallest absolute Gasteiger partial charge is 0.254 e. The molecule has 1 amide bonds. The third kappa shape index (κ3) is 3.50. The monoisotopic (exact) mass is 349 g/mol. The van der Waals surface area contributed by atoms with E-state index in [9.17, 15) is 4.79 Å². The van der Waals surface area contributed by atoms with Crippen LogP contribution in [0.1, 0.15) is 62.2 Å². The van der Waals surface area contributed by atoms with E-state index in [1.807, 2.05) is 24.3 Å². The minimum Gasteiger partial charge on any atom is -0.333 e. The minimum absolute atomic E-state index is 0.241. The first-order valence-electron chi connectivity index (χ1n) is 8.27. The Balaban J connectivity index is 1.72. The maximum absolute atomic E-state index is 12.9. The van der Waals surface area contributed by atoms with Gasteiger partial charge in [0.05, 0.1) is 0 Å². The summed E-state index contributed by atoms with van der Waals surface area (Å²) in [6.45, 7) is 2.29. The summed E-state index contributed by atoms with van der Waals surface area (Å²) in [6, 6.07) is 8.79. The van der Waals surface area contributed by atoms with Crippen LogP contribution in [0.4, 0.5) is 0 Å². The number of hydrogen-bond donors (Lipinski definition) is 0. The fourth-order valence-electron chi connectivity index (χ4n) is 3.56. The predicted octanol–water partition coefficient (Wildman–Crippen LogP) is 5.02. The van der Waals surface area contributed by atoms with Crippen LogP contribution < -0.4 is 0 Å². The standard InChI is InChI=1S/C18H24BrNO/c1-2-13-3-9-16(10-4-13)20(17-11-12-17)18(21)14-5-7-15(19)8-6-14/h5-8,13,16-17H,2-4,9-12H2,1H3. The molecular formula is C18H24BrNO. The van der Waals surface area contributed by atoms with Crippen molar-refractivity contribution in [2.45, 2.75) is 64.0 Å². The maximum Gasteiger partial charge on any atom is 0.254 e. The molecule has 1 aromatic carbocycles. The van der Waals surface area contributed by atoms with Gasteiger partial charge in [-0.25, -0.2) is 0 Å². The van der Waals surface area contributed by atoms with E-state index in [0.717, 1.165) is 16.0 Å². The van der Waals surface area contributed by atoms with Gasteiger partial charge in [-0.05, 0) is 68.7 Å². The highest BCUT2D eigenvalue weighted by Gasteiger charge is 2.38. The molecule has 0 saturated heterocycles. The van der Waals surface area contributed by atoms with Crippen LogP contribution in [0.2, 0.25) is 0 Å². The zero-order valence-electron chi connectivity index (χ0n) is 12.7. The molecule has 0 aliphatic heterocycles. The number of carbonyl (C=O) groups is 1. The fourth-order valence-corrected chi connectivity index (χ4v) is 3.82. The number of halogens is 1. The van der Waals surface area contributed by atoms with Gasteiger partial charge in [-0.15, -0.1) is 0 Å². The van der Waals surface area contributed by atoms with E-state index in [1.54, 1.807) is 0 Å². The second-order valence-corrected chi connectivity index (χ2v) is 7.45. The van der Waals surface area contributed by atoms with Crippen LogP contribution in [0.25, 0.3) is 0 Å². The molecule has 3 heteroatoms. The molecule has 1 aromatic rings. The summed E-state index contributed by atoms with van der Waals surface area (Å²) in [6.07, 6.45) is 8.63. The van der Waals surface area contributed by atoms with Crippen LogP contribution in [-0.2, 0) is 0 Å². The van der Waals surface area contributed by atoms with Gasteiger partial charge in [0.15, 0.2) is 0 Å². The van der Waals surface area contributed by atoms with Gasteiger partial charge in [0.25, 0.3) is 5.91 Å². The van der Waals surface area contributed by atoms with Gasteiger partial charge in [-0.2, -0.15) is 0 Å². The molecule has 0 atom stereocenters. The lowest BCUT2D eigenvalue weighted by Gasteiger charge is -2.37. The molecule has 0 aromatic heterocycles. The summed E-state index contributed by atoms with van der Waals surface area (Å²) in [4.78, 5) is 15.1. The topological polar surface area (TPSA) is 20.3 Å². The second-order valence-electron chi connectivity index (χ2n) is 6.53. The van der Waals surface area contributed by atoms with Gasteiger partial charge in [-0.3, -0.25) is 4.79 Å². The SMILES string of the molecule is CCC1CCC(N(C(=O)c2ccc(Br)cc2)C2CC2)CC1. The molecule has 2 nitrogen and oxygen atoms in total. The van der Waals surface area contributed by atoms with E-state index in [2.05, 4.69) is 27.8 Å². The normalized spacial score (nSPS) is 25.6. The number of hydrogen-bond acceptors (Lipinski definition) is 1.